The SMILES string of the molecule is CCc1cccc(-c2cnc(C(=O)N3CCC(CN4CCN(CCC(NC(=O)C5(N)CCN(c6ncnc7[nH]ccc67)CC5)c5ccc(Cl)cc5)CC4)CC3)c(N)c2)c1. The molecule has 2 aromatic carbocycles. The summed E-state index contributed by atoms with van der Waals surface area (Å²) in [5.74, 6) is 1.21. The minimum Gasteiger partial charge on any atom is -0.397 e. The normalized spacial score (nSPS) is 18.6. The number of nitrogens with one attached hydrogen (secondary N) is 2. The van der Waals surface area contributed by atoms with E-state index in [4.69, 9.17) is 23.1 Å². The Bertz CT molecular complexity index is 2220. The summed E-state index contributed by atoms with van der Waals surface area (Å²) in [6.07, 6.45) is 9.90. The van der Waals surface area contributed by atoms with Gasteiger partial charge in [-0.1, -0.05) is 54.9 Å². The van der Waals surface area contributed by atoms with E-state index in [2.05, 4.69) is 59.0 Å². The highest BCUT2D eigenvalue weighted by molar-refractivity contribution is 6.30. The number of hydrogen-bond acceptors (Lipinski definition) is 10. The van der Waals surface area contributed by atoms with Gasteiger partial charge in [0.15, 0.2) is 5.69 Å². The van der Waals surface area contributed by atoms with Crippen LogP contribution < -0.4 is 21.7 Å². The van der Waals surface area contributed by atoms with E-state index in [9.17, 15) is 9.59 Å². The molecule has 310 valence electrons. The van der Waals surface area contributed by atoms with Gasteiger partial charge in [0.25, 0.3) is 5.91 Å². The molecule has 13 nitrogen and oxygen atoms in total. The van der Waals surface area contributed by atoms with Gasteiger partial charge in [0, 0.05) is 88.4 Å². The van der Waals surface area contributed by atoms with Crippen molar-refractivity contribution in [1.29, 1.82) is 0 Å². The Kier molecular flexibility index (Phi) is 12.4. The fourth-order valence-electron chi connectivity index (χ4n) is 8.90. The maximum absolute atomic E-state index is 13.9. The second-order valence-electron chi connectivity index (χ2n) is 16.5. The Labute approximate surface area is 351 Å². The van der Waals surface area contributed by atoms with Crippen LogP contribution in [0.1, 0.15) is 66.7 Å². The number of carbonyl (C=O) groups is 2. The van der Waals surface area contributed by atoms with Crippen molar-refractivity contribution in [2.45, 2.75) is 57.0 Å². The number of halogens is 1. The molecule has 3 fully saturated rings. The van der Waals surface area contributed by atoms with E-state index >= 15 is 0 Å². The standard InChI is InChI=1S/C45H56ClN11O2/c1-2-31-4-3-5-34(26-31)35-27-38(47)40(50-28-35)43(58)57-18-11-32(12-19-57)29-55-24-22-54(23-25-55)17-13-39(33-6-8-36(46)9-7-33)53-44(59)45(48)14-20-56(21-15-45)42-37-10-16-49-41(37)51-30-52-42/h3-10,16,26-28,30,32,39H,2,11-15,17-25,29,47-48H2,1H3,(H,53,59)(H,49,51,52). The summed E-state index contributed by atoms with van der Waals surface area (Å²) >= 11 is 6.26. The number of pyridine rings is 1. The number of aryl methyl sites for hydroxylation is 1. The largest absolute Gasteiger partial charge is 0.397 e. The van der Waals surface area contributed by atoms with Crippen LogP contribution in [0.5, 0.6) is 0 Å². The fourth-order valence-corrected chi connectivity index (χ4v) is 9.03. The average Bonchev–Trinajstić information content (AvgIpc) is 3.76. The highest BCUT2D eigenvalue weighted by Crippen LogP contribution is 2.30. The van der Waals surface area contributed by atoms with Gasteiger partial charge in [-0.15, -0.1) is 0 Å². The third kappa shape index (κ3) is 9.38. The van der Waals surface area contributed by atoms with Crippen LogP contribution in [0.4, 0.5) is 11.5 Å². The molecule has 0 radical (unpaired) electrons. The lowest BCUT2D eigenvalue weighted by Crippen LogP contribution is -2.60. The van der Waals surface area contributed by atoms with Gasteiger partial charge >= 0.3 is 0 Å². The van der Waals surface area contributed by atoms with Gasteiger partial charge in [-0.25, -0.2) is 15.0 Å². The van der Waals surface area contributed by atoms with Crippen LogP contribution in [-0.4, -0.2) is 117 Å². The third-order valence-electron chi connectivity index (χ3n) is 12.7. The summed E-state index contributed by atoms with van der Waals surface area (Å²) in [6.45, 7) is 10.6. The number of piperazine rings is 1. The summed E-state index contributed by atoms with van der Waals surface area (Å²) in [4.78, 5) is 53.1. The Morgan fingerprint density at radius 2 is 1.66 bits per heavy atom. The zero-order chi connectivity index (χ0) is 40.9. The number of nitrogens with two attached hydrogens (primary N) is 2. The predicted molar refractivity (Wildman–Crippen MR) is 234 cm³/mol. The summed E-state index contributed by atoms with van der Waals surface area (Å²) in [5.41, 5.74) is 18.1. The number of anilines is 2. The first-order valence-electron chi connectivity index (χ1n) is 21.1. The molecule has 0 bridgehead atoms. The predicted octanol–water partition coefficient (Wildman–Crippen LogP) is 5.53. The zero-order valence-electron chi connectivity index (χ0n) is 34.0. The molecule has 59 heavy (non-hydrogen) atoms. The molecule has 3 aliphatic heterocycles. The van der Waals surface area contributed by atoms with Crippen molar-refractivity contribution in [3.8, 4) is 11.1 Å². The number of aromatic amines is 1. The number of hydrogen-bond donors (Lipinski definition) is 4. The molecular weight excluding hydrogens is 762 g/mol. The highest BCUT2D eigenvalue weighted by Gasteiger charge is 2.39. The number of nitrogens with zero attached hydrogens (tertiary/aromatic N) is 7. The van der Waals surface area contributed by atoms with Gasteiger partial charge in [0.2, 0.25) is 5.91 Å². The first-order valence-corrected chi connectivity index (χ1v) is 21.5. The molecule has 0 spiro atoms. The molecule has 0 saturated carbocycles. The molecule has 14 heteroatoms. The van der Waals surface area contributed by atoms with Gasteiger partial charge in [-0.2, -0.15) is 0 Å². The molecule has 3 aromatic heterocycles. The number of nitrogen functional groups attached to an aromatic ring is 1. The zero-order valence-corrected chi connectivity index (χ0v) is 34.7. The maximum atomic E-state index is 13.9. The van der Waals surface area contributed by atoms with Crippen LogP contribution in [0.15, 0.2) is 79.4 Å². The average molecular weight is 818 g/mol. The number of piperidine rings is 2. The Hall–Kier alpha value is -5.08. The van der Waals surface area contributed by atoms with Crippen molar-refractivity contribution in [2.75, 3.05) is 76.1 Å². The summed E-state index contributed by atoms with van der Waals surface area (Å²) in [7, 11) is 0. The number of amides is 2. The molecule has 6 heterocycles. The number of likely N-dealkylation sites (tertiary alicyclic amines) is 1. The molecule has 3 aliphatic rings. The quantitative estimate of drug-likeness (QED) is 0.126. The Morgan fingerprint density at radius 1 is 0.915 bits per heavy atom. The highest BCUT2D eigenvalue weighted by atomic mass is 35.5. The second kappa shape index (κ2) is 18.0. The smallest absolute Gasteiger partial charge is 0.274 e. The van der Waals surface area contributed by atoms with E-state index < -0.39 is 5.54 Å². The molecule has 2 amide bonds. The van der Waals surface area contributed by atoms with Crippen molar-refractivity contribution < 1.29 is 9.59 Å². The summed E-state index contributed by atoms with van der Waals surface area (Å²) in [6, 6.07) is 19.8. The van der Waals surface area contributed by atoms with E-state index in [1.165, 1.54) is 5.56 Å². The lowest BCUT2D eigenvalue weighted by atomic mass is 9.87. The topological polar surface area (TPSA) is 166 Å². The van der Waals surface area contributed by atoms with E-state index in [1.807, 2.05) is 59.6 Å². The molecule has 6 N–H and O–H groups in total. The van der Waals surface area contributed by atoms with Crippen LogP contribution in [0.2, 0.25) is 5.02 Å². The van der Waals surface area contributed by atoms with E-state index in [0.717, 1.165) is 98.5 Å². The number of rotatable bonds is 12. The lowest BCUT2D eigenvalue weighted by Gasteiger charge is -2.40. The number of benzene rings is 2. The van der Waals surface area contributed by atoms with Crippen molar-refractivity contribution in [3.63, 3.8) is 0 Å². The Morgan fingerprint density at radius 3 is 2.39 bits per heavy atom. The van der Waals surface area contributed by atoms with E-state index in [-0.39, 0.29) is 17.9 Å². The van der Waals surface area contributed by atoms with Gasteiger partial charge in [-0.05, 0) is 85.4 Å². The molecule has 1 unspecified atom stereocenters. The fraction of sp³-hybridized carbons (Fsp3) is 0.444. The van der Waals surface area contributed by atoms with Crippen LogP contribution in [0.25, 0.3) is 22.2 Å². The van der Waals surface area contributed by atoms with E-state index in [1.54, 1.807) is 12.5 Å². The monoisotopic (exact) mass is 817 g/mol. The molecule has 3 saturated heterocycles. The van der Waals surface area contributed by atoms with Crippen LogP contribution in [0.3, 0.4) is 0 Å². The van der Waals surface area contributed by atoms with Gasteiger partial charge < -0.3 is 41.4 Å². The van der Waals surface area contributed by atoms with Crippen molar-refractivity contribution in [3.05, 3.63) is 101 Å². The first-order chi connectivity index (χ1) is 28.7. The molecule has 0 aliphatic carbocycles. The van der Waals surface area contributed by atoms with Gasteiger partial charge in [-0.3, -0.25) is 9.59 Å². The second-order valence-corrected chi connectivity index (χ2v) is 17.0. The number of H-pyrrole nitrogens is 1. The van der Waals surface area contributed by atoms with Gasteiger partial charge in [0.1, 0.15) is 17.8 Å². The summed E-state index contributed by atoms with van der Waals surface area (Å²) < 4.78 is 0. The maximum Gasteiger partial charge on any atom is 0.274 e. The van der Waals surface area contributed by atoms with Crippen LogP contribution >= 0.6 is 11.6 Å². The van der Waals surface area contributed by atoms with Crippen molar-refractivity contribution in [1.82, 2.24) is 40.0 Å². The van der Waals surface area contributed by atoms with Crippen molar-refractivity contribution in [2.24, 2.45) is 11.7 Å². The van der Waals surface area contributed by atoms with Crippen LogP contribution in [-0.2, 0) is 11.2 Å². The van der Waals surface area contributed by atoms with E-state index in [0.29, 0.717) is 61.3 Å². The first kappa shape index (κ1) is 40.7. The Balaban J connectivity index is 0.795. The molecule has 1 atom stereocenters. The molecule has 5 aromatic rings. The van der Waals surface area contributed by atoms with Crippen LogP contribution in [0, 0.1) is 5.92 Å². The lowest BCUT2D eigenvalue weighted by molar-refractivity contribution is -0.128. The number of fused-ring (bicyclic) bond motifs is 1. The molecule has 8 rings (SSSR count). The number of carbonyl (C=O) groups excluding carboxylic acids is 2. The van der Waals surface area contributed by atoms with Gasteiger partial charge in [0.05, 0.1) is 22.7 Å². The number of aromatic nitrogens is 4. The molecular formula is C45H56ClN11O2. The minimum absolute atomic E-state index is 0.0828. The third-order valence-corrected chi connectivity index (χ3v) is 13.0. The van der Waals surface area contributed by atoms with Crippen molar-refractivity contribution >= 4 is 46.0 Å². The minimum atomic E-state index is -0.974. The summed E-state index contributed by atoms with van der Waals surface area (Å²) in [5, 5.41) is 4.98.